The molecular weight excluding hydrogens is 269 g/mol. The van der Waals surface area contributed by atoms with Gasteiger partial charge in [0.15, 0.2) is 0 Å². The lowest BCUT2D eigenvalue weighted by Gasteiger charge is -2.08. The molecule has 98 valence electrons. The molecule has 0 saturated carbocycles. The van der Waals surface area contributed by atoms with Gasteiger partial charge in [-0.2, -0.15) is 0 Å². The molecule has 0 spiro atoms. The first-order chi connectivity index (χ1) is 8.97. The van der Waals surface area contributed by atoms with E-state index in [2.05, 4.69) is 5.32 Å². The van der Waals surface area contributed by atoms with Crippen molar-refractivity contribution >= 4 is 23.2 Å². The molecule has 0 bridgehead atoms. The van der Waals surface area contributed by atoms with Gasteiger partial charge < -0.3 is 10.4 Å². The van der Waals surface area contributed by atoms with E-state index in [1.165, 1.54) is 18.2 Å². The average molecular weight is 280 g/mol. The number of benzene rings is 2. The molecule has 0 atom stereocenters. The number of phenols is 1. The summed E-state index contributed by atoms with van der Waals surface area (Å²) < 4.78 is 12.9. The van der Waals surface area contributed by atoms with E-state index in [9.17, 15) is 14.3 Å². The lowest BCUT2D eigenvalue weighted by molar-refractivity contribution is 0.102. The first-order valence-electron chi connectivity index (χ1n) is 5.53. The van der Waals surface area contributed by atoms with Crippen molar-refractivity contribution in [2.75, 3.05) is 5.32 Å². The third-order valence-corrected chi connectivity index (χ3v) is 2.96. The zero-order chi connectivity index (χ0) is 14.0. The fourth-order valence-electron chi connectivity index (χ4n) is 1.54. The summed E-state index contributed by atoms with van der Waals surface area (Å²) in [6, 6.07) is 8.28. The van der Waals surface area contributed by atoms with E-state index in [1.807, 2.05) is 0 Å². The smallest absolute Gasteiger partial charge is 0.255 e. The van der Waals surface area contributed by atoms with Crippen LogP contribution in [0.2, 0.25) is 5.02 Å². The van der Waals surface area contributed by atoms with Crippen molar-refractivity contribution in [1.29, 1.82) is 0 Å². The van der Waals surface area contributed by atoms with Crippen molar-refractivity contribution in [1.82, 2.24) is 0 Å². The number of hydrogen-bond donors (Lipinski definition) is 2. The Hall–Kier alpha value is -2.07. The molecule has 3 nitrogen and oxygen atoms in total. The highest BCUT2D eigenvalue weighted by atomic mass is 35.5. The quantitative estimate of drug-likeness (QED) is 0.880. The summed E-state index contributed by atoms with van der Waals surface area (Å²) >= 11 is 5.81. The molecule has 5 heteroatoms. The maximum Gasteiger partial charge on any atom is 0.255 e. The Balaban J connectivity index is 2.23. The Kier molecular flexibility index (Phi) is 3.71. The normalized spacial score (nSPS) is 10.3. The van der Waals surface area contributed by atoms with Crippen LogP contribution in [0.3, 0.4) is 0 Å². The van der Waals surface area contributed by atoms with E-state index in [4.69, 9.17) is 11.6 Å². The fraction of sp³-hybridized carbons (Fsp3) is 0.0714. The number of amides is 1. The van der Waals surface area contributed by atoms with Gasteiger partial charge in [0.2, 0.25) is 0 Å². The molecule has 0 aliphatic carbocycles. The van der Waals surface area contributed by atoms with E-state index in [1.54, 1.807) is 19.1 Å². The number of halogens is 2. The number of carbonyl (C=O) groups excluding carboxylic acids is 1. The predicted molar refractivity (Wildman–Crippen MR) is 72.2 cm³/mol. The van der Waals surface area contributed by atoms with Gasteiger partial charge in [-0.15, -0.1) is 0 Å². The molecule has 2 aromatic rings. The second-order valence-corrected chi connectivity index (χ2v) is 4.49. The third-order valence-electron chi connectivity index (χ3n) is 2.65. The van der Waals surface area contributed by atoms with Crippen molar-refractivity contribution < 1.29 is 14.3 Å². The molecule has 0 unspecified atom stereocenters. The van der Waals surface area contributed by atoms with Gasteiger partial charge in [-0.05, 0) is 42.8 Å². The zero-order valence-electron chi connectivity index (χ0n) is 10.1. The minimum atomic E-state index is -0.476. The molecule has 2 aromatic carbocycles. The lowest BCUT2D eigenvalue weighted by atomic mass is 10.1. The Morgan fingerprint density at radius 3 is 2.63 bits per heavy atom. The molecule has 2 N–H and O–H groups in total. The van der Waals surface area contributed by atoms with Gasteiger partial charge in [-0.1, -0.05) is 17.7 Å². The lowest BCUT2D eigenvalue weighted by Crippen LogP contribution is -2.12. The Labute approximate surface area is 114 Å². The minimum Gasteiger partial charge on any atom is -0.508 e. The van der Waals surface area contributed by atoms with Crippen LogP contribution < -0.4 is 5.32 Å². The molecule has 0 aliphatic rings. The molecule has 0 aliphatic heterocycles. The van der Waals surface area contributed by atoms with Crippen molar-refractivity contribution in [2.45, 2.75) is 6.92 Å². The van der Waals surface area contributed by atoms with Crippen LogP contribution in [0.15, 0.2) is 36.4 Å². The summed E-state index contributed by atoms with van der Waals surface area (Å²) in [4.78, 5) is 11.9. The summed E-state index contributed by atoms with van der Waals surface area (Å²) in [6.45, 7) is 1.73. The first kappa shape index (κ1) is 13.4. The molecule has 2 rings (SSSR count). The topological polar surface area (TPSA) is 49.3 Å². The van der Waals surface area contributed by atoms with Crippen molar-refractivity contribution in [3.63, 3.8) is 0 Å². The van der Waals surface area contributed by atoms with Crippen LogP contribution in [-0.2, 0) is 0 Å². The van der Waals surface area contributed by atoms with Crippen LogP contribution in [-0.4, -0.2) is 11.0 Å². The first-order valence-corrected chi connectivity index (χ1v) is 5.91. The second kappa shape index (κ2) is 5.28. The van der Waals surface area contributed by atoms with Gasteiger partial charge in [0.05, 0.1) is 10.7 Å². The summed E-state index contributed by atoms with van der Waals surface area (Å²) in [5.74, 6) is -0.863. The Bertz CT molecular complexity index is 643. The molecule has 1 amide bonds. The number of carbonyl (C=O) groups is 1. The number of nitrogens with one attached hydrogen (secondary N) is 1. The second-order valence-electron chi connectivity index (χ2n) is 4.08. The van der Waals surface area contributed by atoms with Gasteiger partial charge in [0, 0.05) is 5.56 Å². The average Bonchev–Trinajstić information content (AvgIpc) is 2.36. The van der Waals surface area contributed by atoms with Crippen LogP contribution in [0, 0.1) is 12.7 Å². The molecular formula is C14H11ClFNO2. The Morgan fingerprint density at radius 1 is 1.26 bits per heavy atom. The number of hydrogen-bond acceptors (Lipinski definition) is 2. The van der Waals surface area contributed by atoms with Crippen LogP contribution in [0.25, 0.3) is 0 Å². The number of anilines is 1. The van der Waals surface area contributed by atoms with Gasteiger partial charge in [-0.3, -0.25) is 4.79 Å². The number of aromatic hydroxyl groups is 1. The monoisotopic (exact) mass is 279 g/mol. The minimum absolute atomic E-state index is 0.0397. The predicted octanol–water partition coefficient (Wildman–Crippen LogP) is 3.75. The highest BCUT2D eigenvalue weighted by Crippen LogP contribution is 2.24. The number of aryl methyl sites for hydroxylation is 1. The summed E-state index contributed by atoms with van der Waals surface area (Å²) in [7, 11) is 0. The molecule has 0 fully saturated rings. The number of phenolic OH excluding ortho intramolecular Hbond substituents is 1. The van der Waals surface area contributed by atoms with Crippen LogP contribution in [0.4, 0.5) is 10.1 Å². The van der Waals surface area contributed by atoms with Crippen LogP contribution in [0.5, 0.6) is 5.75 Å². The Morgan fingerprint density at radius 2 is 2.00 bits per heavy atom. The van der Waals surface area contributed by atoms with E-state index in [0.29, 0.717) is 16.8 Å². The van der Waals surface area contributed by atoms with Gasteiger partial charge in [-0.25, -0.2) is 4.39 Å². The van der Waals surface area contributed by atoms with Gasteiger partial charge in [0.1, 0.15) is 11.6 Å². The third kappa shape index (κ3) is 3.03. The fourth-order valence-corrected chi connectivity index (χ4v) is 1.75. The molecule has 0 heterocycles. The molecule has 19 heavy (non-hydrogen) atoms. The zero-order valence-corrected chi connectivity index (χ0v) is 10.8. The molecule has 0 saturated heterocycles. The van der Waals surface area contributed by atoms with E-state index < -0.39 is 11.7 Å². The van der Waals surface area contributed by atoms with Crippen molar-refractivity contribution in [3.05, 3.63) is 58.4 Å². The molecule has 0 radical (unpaired) electrons. The summed E-state index contributed by atoms with van der Waals surface area (Å²) in [5, 5.41) is 12.2. The largest absolute Gasteiger partial charge is 0.508 e. The molecule has 0 aromatic heterocycles. The van der Waals surface area contributed by atoms with Gasteiger partial charge >= 0.3 is 0 Å². The highest BCUT2D eigenvalue weighted by molar-refractivity contribution is 6.33. The summed E-state index contributed by atoms with van der Waals surface area (Å²) in [5.41, 5.74) is 1.29. The van der Waals surface area contributed by atoms with Gasteiger partial charge in [0.25, 0.3) is 5.91 Å². The summed E-state index contributed by atoms with van der Waals surface area (Å²) in [6.07, 6.45) is 0. The maximum atomic E-state index is 12.9. The highest BCUT2D eigenvalue weighted by Gasteiger charge is 2.10. The van der Waals surface area contributed by atoms with E-state index in [0.717, 1.165) is 6.07 Å². The van der Waals surface area contributed by atoms with Crippen LogP contribution in [0.1, 0.15) is 15.9 Å². The van der Waals surface area contributed by atoms with E-state index >= 15 is 0 Å². The van der Waals surface area contributed by atoms with Crippen LogP contribution >= 0.6 is 11.6 Å². The van der Waals surface area contributed by atoms with Crippen molar-refractivity contribution in [2.24, 2.45) is 0 Å². The standard InChI is InChI=1S/C14H11ClFNO2/c1-8-2-3-9(6-13(8)18)14(19)17-12-5-4-10(16)7-11(12)15/h2-7,18H,1H3,(H,17,19). The SMILES string of the molecule is Cc1ccc(C(=O)Nc2ccc(F)cc2Cl)cc1O. The van der Waals surface area contributed by atoms with Crippen molar-refractivity contribution in [3.8, 4) is 5.75 Å². The number of rotatable bonds is 2. The van der Waals surface area contributed by atoms with E-state index in [-0.39, 0.29) is 10.8 Å². The maximum absolute atomic E-state index is 12.9.